The van der Waals surface area contributed by atoms with Crippen molar-refractivity contribution in [1.29, 1.82) is 0 Å². The van der Waals surface area contributed by atoms with Gasteiger partial charge in [0.15, 0.2) is 5.79 Å². The maximum absolute atomic E-state index is 8.80. The molecule has 1 aliphatic rings. The Hall–Kier alpha value is -2.08. The lowest BCUT2D eigenvalue weighted by Crippen LogP contribution is -2.47. The van der Waals surface area contributed by atoms with Crippen LogP contribution in [0.15, 0.2) is 48.5 Å². The first-order valence-electron chi connectivity index (χ1n) is 11.9. The van der Waals surface area contributed by atoms with E-state index in [0.29, 0.717) is 19.8 Å². The van der Waals surface area contributed by atoms with Crippen LogP contribution in [-0.4, -0.2) is 43.4 Å². The van der Waals surface area contributed by atoms with E-state index < -0.39 is 5.79 Å². The molecule has 3 rings (SSSR count). The number of aliphatic hydroxyl groups is 1. The van der Waals surface area contributed by atoms with Crippen LogP contribution in [0, 0.1) is 5.92 Å². The highest BCUT2D eigenvalue weighted by Crippen LogP contribution is 2.29. The second kappa shape index (κ2) is 12.2. The highest BCUT2D eigenvalue weighted by atomic mass is 16.7. The van der Waals surface area contributed by atoms with Crippen LogP contribution in [0.3, 0.4) is 0 Å². The third-order valence-corrected chi connectivity index (χ3v) is 5.84. The smallest absolute Gasteiger partial charge is 0.163 e. The van der Waals surface area contributed by atoms with Crippen LogP contribution >= 0.6 is 0 Å². The van der Waals surface area contributed by atoms with Crippen LogP contribution in [0.25, 0.3) is 11.1 Å². The summed E-state index contributed by atoms with van der Waals surface area (Å²) in [6.45, 7) is 8.29. The zero-order valence-electron chi connectivity index (χ0n) is 19.7. The van der Waals surface area contributed by atoms with E-state index in [1.165, 1.54) is 0 Å². The van der Waals surface area contributed by atoms with Gasteiger partial charge < -0.3 is 24.1 Å². The van der Waals surface area contributed by atoms with E-state index >= 15 is 0 Å². The molecule has 1 aliphatic heterocycles. The van der Waals surface area contributed by atoms with Gasteiger partial charge in [0.1, 0.15) is 11.5 Å². The summed E-state index contributed by atoms with van der Waals surface area (Å²) in [7, 11) is 0. The summed E-state index contributed by atoms with van der Waals surface area (Å²) in [4.78, 5) is 0. The van der Waals surface area contributed by atoms with Gasteiger partial charge in [0.05, 0.1) is 25.9 Å². The lowest BCUT2D eigenvalue weighted by Gasteiger charge is -2.40. The molecule has 1 N–H and O–H groups in total. The zero-order valence-corrected chi connectivity index (χ0v) is 19.7. The van der Waals surface area contributed by atoms with Crippen LogP contribution in [0.4, 0.5) is 0 Å². The Morgan fingerprint density at radius 2 is 1.47 bits per heavy atom. The Morgan fingerprint density at radius 3 is 2.06 bits per heavy atom. The summed E-state index contributed by atoms with van der Waals surface area (Å²) < 4.78 is 23.7. The first-order chi connectivity index (χ1) is 15.5. The van der Waals surface area contributed by atoms with Crippen LogP contribution in [0.2, 0.25) is 0 Å². The highest BCUT2D eigenvalue weighted by Gasteiger charge is 2.35. The van der Waals surface area contributed by atoms with Crippen molar-refractivity contribution in [3.8, 4) is 22.6 Å². The van der Waals surface area contributed by atoms with Gasteiger partial charge >= 0.3 is 0 Å². The highest BCUT2D eigenvalue weighted by molar-refractivity contribution is 5.64. The molecule has 2 aromatic carbocycles. The molecule has 5 nitrogen and oxygen atoms in total. The van der Waals surface area contributed by atoms with Crippen LogP contribution in [0.1, 0.15) is 52.9 Å². The third kappa shape index (κ3) is 7.51. The molecule has 0 aromatic heterocycles. The molecule has 0 bridgehead atoms. The largest absolute Gasteiger partial charge is 0.494 e. The van der Waals surface area contributed by atoms with E-state index in [0.717, 1.165) is 54.7 Å². The number of benzene rings is 2. The zero-order chi connectivity index (χ0) is 22.8. The van der Waals surface area contributed by atoms with Crippen molar-refractivity contribution in [1.82, 2.24) is 0 Å². The fourth-order valence-corrected chi connectivity index (χ4v) is 3.93. The van der Waals surface area contributed by atoms with Gasteiger partial charge in [0.25, 0.3) is 0 Å². The first-order valence-corrected chi connectivity index (χ1v) is 11.9. The summed E-state index contributed by atoms with van der Waals surface area (Å²) in [5.41, 5.74) is 2.29. The predicted octanol–water partition coefficient (Wildman–Crippen LogP) is 5.84. The molecule has 0 spiro atoms. The van der Waals surface area contributed by atoms with Crippen molar-refractivity contribution in [3.63, 3.8) is 0 Å². The van der Waals surface area contributed by atoms with E-state index in [4.69, 9.17) is 24.1 Å². The Labute approximate surface area is 192 Å². The molecular weight excluding hydrogens is 404 g/mol. The van der Waals surface area contributed by atoms with Crippen LogP contribution < -0.4 is 9.47 Å². The van der Waals surface area contributed by atoms with Gasteiger partial charge in [-0.3, -0.25) is 0 Å². The number of aliphatic hydroxyl groups excluding tert-OH is 1. The summed E-state index contributed by atoms with van der Waals surface area (Å²) >= 11 is 0. The molecule has 32 heavy (non-hydrogen) atoms. The molecule has 0 radical (unpaired) electrons. The predicted molar refractivity (Wildman–Crippen MR) is 127 cm³/mol. The number of rotatable bonds is 12. The second-order valence-electron chi connectivity index (χ2n) is 8.88. The molecule has 1 fully saturated rings. The Balaban J connectivity index is 1.46. The number of ether oxygens (including phenoxy) is 4. The Bertz CT molecular complexity index is 785. The van der Waals surface area contributed by atoms with Gasteiger partial charge in [-0.15, -0.1) is 0 Å². The van der Waals surface area contributed by atoms with Crippen molar-refractivity contribution in [3.05, 3.63) is 48.5 Å². The Kier molecular flexibility index (Phi) is 9.39. The minimum atomic E-state index is -0.514. The molecule has 1 saturated heterocycles. The van der Waals surface area contributed by atoms with Crippen molar-refractivity contribution in [2.45, 2.75) is 64.8 Å². The maximum atomic E-state index is 8.80. The summed E-state index contributed by atoms with van der Waals surface area (Å²) in [5.74, 6) is 1.46. The summed E-state index contributed by atoms with van der Waals surface area (Å²) in [5, 5.41) is 8.80. The molecule has 0 saturated carbocycles. The molecule has 2 unspecified atom stereocenters. The molecule has 176 valence electrons. The molecular formula is C27H38O5. The lowest BCUT2D eigenvalue weighted by atomic mass is 10.00. The molecule has 2 atom stereocenters. The molecule has 1 heterocycles. The molecule has 0 aliphatic carbocycles. The summed E-state index contributed by atoms with van der Waals surface area (Å²) in [6, 6.07) is 16.4. The standard InChI is InChI=1S/C27H38O5/c1-4-26-23(20-31-27(2,3)32-26)19-30-25-15-11-22(12-16-25)21-9-13-24(14-10-21)29-18-8-6-5-7-17-28/h9-16,23,26,28H,4-8,17-20H2,1-3H3. The fourth-order valence-electron chi connectivity index (χ4n) is 3.93. The maximum Gasteiger partial charge on any atom is 0.163 e. The molecule has 0 amide bonds. The summed E-state index contributed by atoms with van der Waals surface area (Å²) in [6.07, 6.45) is 5.13. The van der Waals surface area contributed by atoms with Gasteiger partial charge in [0.2, 0.25) is 0 Å². The lowest BCUT2D eigenvalue weighted by molar-refractivity contribution is -0.295. The van der Waals surface area contributed by atoms with Crippen molar-refractivity contribution in [2.24, 2.45) is 5.92 Å². The normalized spacial score (nSPS) is 20.1. The minimum Gasteiger partial charge on any atom is -0.494 e. The van der Waals surface area contributed by atoms with Gasteiger partial charge in [-0.05, 0) is 74.9 Å². The van der Waals surface area contributed by atoms with Crippen molar-refractivity contribution < 1.29 is 24.1 Å². The van der Waals surface area contributed by atoms with Crippen LogP contribution in [-0.2, 0) is 9.47 Å². The first kappa shape index (κ1) is 24.6. The van der Waals surface area contributed by atoms with Crippen molar-refractivity contribution >= 4 is 0 Å². The fraction of sp³-hybridized carbons (Fsp3) is 0.556. The monoisotopic (exact) mass is 442 g/mol. The van der Waals surface area contributed by atoms with E-state index in [2.05, 4.69) is 31.2 Å². The van der Waals surface area contributed by atoms with Gasteiger partial charge in [-0.1, -0.05) is 37.6 Å². The quantitative estimate of drug-likeness (QED) is 0.418. The van der Waals surface area contributed by atoms with E-state index in [-0.39, 0.29) is 18.6 Å². The van der Waals surface area contributed by atoms with E-state index in [1.54, 1.807) is 0 Å². The van der Waals surface area contributed by atoms with Gasteiger partial charge in [-0.2, -0.15) is 0 Å². The number of hydrogen-bond acceptors (Lipinski definition) is 5. The Morgan fingerprint density at radius 1 is 0.875 bits per heavy atom. The van der Waals surface area contributed by atoms with Crippen molar-refractivity contribution in [2.75, 3.05) is 26.4 Å². The molecule has 5 heteroatoms. The second-order valence-corrected chi connectivity index (χ2v) is 8.88. The third-order valence-electron chi connectivity index (χ3n) is 5.84. The number of unbranched alkanes of at least 4 members (excludes halogenated alkanes) is 3. The average molecular weight is 443 g/mol. The topological polar surface area (TPSA) is 57.2 Å². The van der Waals surface area contributed by atoms with Gasteiger partial charge in [0, 0.05) is 12.5 Å². The van der Waals surface area contributed by atoms with Crippen LogP contribution in [0.5, 0.6) is 11.5 Å². The van der Waals surface area contributed by atoms with E-state index in [9.17, 15) is 0 Å². The van der Waals surface area contributed by atoms with E-state index in [1.807, 2.05) is 38.1 Å². The molecule has 2 aromatic rings. The number of hydrogen-bond donors (Lipinski definition) is 1. The minimum absolute atomic E-state index is 0.152. The average Bonchev–Trinajstić information content (AvgIpc) is 2.81. The SMILES string of the molecule is CCC1OC(C)(C)OCC1COc1ccc(-c2ccc(OCCCCCCO)cc2)cc1. The van der Waals surface area contributed by atoms with Gasteiger partial charge in [-0.25, -0.2) is 0 Å².